The summed E-state index contributed by atoms with van der Waals surface area (Å²) in [4.78, 5) is 45.5. The van der Waals surface area contributed by atoms with Gasteiger partial charge in [-0.2, -0.15) is 0 Å². The molecule has 1 N–H and O–H groups in total. The molecule has 0 bridgehead atoms. The first-order chi connectivity index (χ1) is 20.2. The van der Waals surface area contributed by atoms with Crippen LogP contribution < -0.4 is 10.2 Å². The van der Waals surface area contributed by atoms with Gasteiger partial charge in [-0.3, -0.25) is 9.98 Å². The molecule has 0 radical (unpaired) electrons. The zero-order chi connectivity index (χ0) is 30.0. The number of carbonyl (C=O) groups is 2. The molecule has 1 unspecified atom stereocenters. The van der Waals surface area contributed by atoms with Crippen molar-refractivity contribution in [2.45, 2.75) is 32.7 Å². The number of hydrogen-bond acceptors (Lipinski definition) is 11. The number of ether oxygens (including phenoxy) is 2. The van der Waals surface area contributed by atoms with Gasteiger partial charge in [0.2, 0.25) is 0 Å². The van der Waals surface area contributed by atoms with E-state index >= 15 is 0 Å². The van der Waals surface area contributed by atoms with Crippen molar-refractivity contribution in [2.75, 3.05) is 31.7 Å². The molecule has 1 fully saturated rings. The van der Waals surface area contributed by atoms with E-state index in [4.69, 9.17) is 26.1 Å². The minimum atomic E-state index is -1.22. The molecule has 1 aromatic carbocycles. The molecule has 14 heteroatoms. The molecule has 5 rings (SSSR count). The van der Waals surface area contributed by atoms with Gasteiger partial charge in [-0.05, 0) is 32.8 Å². The molecule has 220 valence electrons. The number of carbonyl (C=O) groups excluding carboxylic acids is 2. The number of piperidine rings is 1. The van der Waals surface area contributed by atoms with E-state index in [9.17, 15) is 18.4 Å². The smallest absolute Gasteiger partial charge is 0.358 e. The highest BCUT2D eigenvalue weighted by atomic mass is 35.5. The molecule has 2 aliphatic rings. The Morgan fingerprint density at radius 1 is 1.19 bits per heavy atom. The largest absolute Gasteiger partial charge is 0.464 e. The van der Waals surface area contributed by atoms with Crippen LogP contribution in [0.2, 0.25) is 5.02 Å². The first kappa shape index (κ1) is 29.5. The Morgan fingerprint density at radius 3 is 2.62 bits per heavy atom. The number of methoxy groups -OCH3 is 1. The molecule has 0 amide bonds. The lowest BCUT2D eigenvalue weighted by molar-refractivity contribution is -0.139. The zero-order valence-corrected chi connectivity index (χ0v) is 24.6. The van der Waals surface area contributed by atoms with Gasteiger partial charge in [-0.15, -0.1) is 11.3 Å². The van der Waals surface area contributed by atoms with Crippen LogP contribution in [0.4, 0.5) is 14.6 Å². The number of halogens is 3. The number of thiazole rings is 1. The van der Waals surface area contributed by atoms with Crippen molar-refractivity contribution in [3.05, 3.63) is 79.8 Å². The highest BCUT2D eigenvalue weighted by molar-refractivity contribution is 7.11. The number of esters is 2. The molecule has 0 saturated carbocycles. The van der Waals surface area contributed by atoms with Gasteiger partial charge in [0.1, 0.15) is 11.9 Å². The van der Waals surface area contributed by atoms with Gasteiger partial charge in [0, 0.05) is 41.8 Å². The summed E-state index contributed by atoms with van der Waals surface area (Å²) in [6, 6.07) is 1.22. The molecule has 0 spiro atoms. The van der Waals surface area contributed by atoms with Gasteiger partial charge < -0.3 is 19.7 Å². The van der Waals surface area contributed by atoms with E-state index in [-0.39, 0.29) is 29.4 Å². The minimum absolute atomic E-state index is 0.101. The minimum Gasteiger partial charge on any atom is -0.464 e. The van der Waals surface area contributed by atoms with Crippen molar-refractivity contribution >= 4 is 46.5 Å². The second-order valence-electron chi connectivity index (χ2n) is 9.57. The third kappa shape index (κ3) is 5.71. The van der Waals surface area contributed by atoms with E-state index < -0.39 is 34.6 Å². The van der Waals surface area contributed by atoms with Crippen LogP contribution in [0, 0.1) is 24.5 Å². The predicted molar refractivity (Wildman–Crippen MR) is 153 cm³/mol. The fraction of sp³-hybridized carbons (Fsp3) is 0.357. The van der Waals surface area contributed by atoms with Crippen LogP contribution in [0.5, 0.6) is 0 Å². The lowest BCUT2D eigenvalue weighted by Crippen LogP contribution is -2.42. The topological polar surface area (TPSA) is 119 Å². The maximum atomic E-state index is 14.6. The summed E-state index contributed by atoms with van der Waals surface area (Å²) in [6.07, 6.45) is 4.39. The summed E-state index contributed by atoms with van der Waals surface area (Å²) in [5, 5.41) is 5.20. The summed E-state index contributed by atoms with van der Waals surface area (Å²) in [6.45, 7) is 4.53. The molecule has 0 aliphatic carbocycles. The second kappa shape index (κ2) is 12.5. The third-order valence-corrected chi connectivity index (χ3v) is 8.28. The van der Waals surface area contributed by atoms with E-state index in [0.29, 0.717) is 54.0 Å². The number of nitrogens with zero attached hydrogens (tertiary/aromatic N) is 5. The van der Waals surface area contributed by atoms with Crippen molar-refractivity contribution < 1.29 is 27.8 Å². The van der Waals surface area contributed by atoms with Crippen LogP contribution in [0.25, 0.3) is 0 Å². The summed E-state index contributed by atoms with van der Waals surface area (Å²) in [5.74, 6) is -2.78. The average molecular weight is 617 g/mol. The number of aromatic nitrogens is 3. The second-order valence-corrected chi connectivity index (χ2v) is 10.8. The molecule has 4 heterocycles. The van der Waals surface area contributed by atoms with Gasteiger partial charge >= 0.3 is 11.9 Å². The number of anilines is 1. The molecule has 10 nitrogen and oxygen atoms in total. The van der Waals surface area contributed by atoms with Crippen LogP contribution >= 0.6 is 22.9 Å². The zero-order valence-electron chi connectivity index (χ0n) is 23.0. The number of aliphatic imine (C=N–C) groups is 1. The summed E-state index contributed by atoms with van der Waals surface area (Å²) >= 11 is 7.62. The molecule has 2 aliphatic heterocycles. The molecular formula is C28H27ClF2N6O4S. The number of amidine groups is 1. The van der Waals surface area contributed by atoms with Crippen LogP contribution in [-0.4, -0.2) is 59.5 Å². The first-order valence-electron chi connectivity index (χ1n) is 13.2. The Bertz CT molecular complexity index is 1570. The Balaban J connectivity index is 1.53. The van der Waals surface area contributed by atoms with Crippen LogP contribution in [-0.2, 0) is 14.3 Å². The van der Waals surface area contributed by atoms with Crippen LogP contribution in [0.3, 0.4) is 0 Å². The van der Waals surface area contributed by atoms with E-state index in [0.717, 1.165) is 6.07 Å². The summed E-state index contributed by atoms with van der Waals surface area (Å²) in [7, 11) is 1.29. The lowest BCUT2D eigenvalue weighted by atomic mass is 9.85. The summed E-state index contributed by atoms with van der Waals surface area (Å²) < 4.78 is 38.9. The number of nitrogens with one attached hydrogen (secondary N) is 1. The van der Waals surface area contributed by atoms with Gasteiger partial charge in [-0.1, -0.05) is 17.7 Å². The highest BCUT2D eigenvalue weighted by Gasteiger charge is 2.38. The predicted octanol–water partition coefficient (Wildman–Crippen LogP) is 4.78. The normalized spacial score (nSPS) is 17.5. The Morgan fingerprint density at radius 2 is 1.95 bits per heavy atom. The fourth-order valence-electron chi connectivity index (χ4n) is 5.03. The molecular weight excluding hydrogens is 590 g/mol. The van der Waals surface area contributed by atoms with Crippen LogP contribution in [0.1, 0.15) is 52.6 Å². The number of rotatable bonds is 7. The molecule has 1 atom stereocenters. The molecule has 1 saturated heterocycles. The molecule has 42 heavy (non-hydrogen) atoms. The maximum Gasteiger partial charge on any atom is 0.358 e. The van der Waals surface area contributed by atoms with Crippen LogP contribution in [0.15, 0.2) is 46.2 Å². The molecule has 3 aromatic rings. The molecule has 2 aromatic heterocycles. The van der Waals surface area contributed by atoms with E-state index in [2.05, 4.69) is 20.3 Å². The average Bonchev–Trinajstić information content (AvgIpc) is 3.55. The standard InChI is InChI=1S/C28H27ClF2N6O4S/c1-4-41-27(38)19-23(15-7-10-37(11-8-15)18-13-33-14(2)22(34-18)28(39)40-3)35-25(26-32-9-12-42-26)36-24(19)16-5-6-17(30)21(31)20(16)29/h5-6,9,12-13,15,24H,4,7-8,10-11H2,1-3H3,(H,35,36). The Hall–Kier alpha value is -3.97. The fourth-order valence-corrected chi connectivity index (χ4v) is 5.87. The number of benzene rings is 1. The number of allylic oxidation sites excluding steroid dienone is 1. The monoisotopic (exact) mass is 616 g/mol. The number of aryl methyl sites for hydroxylation is 1. The lowest BCUT2D eigenvalue weighted by Gasteiger charge is -2.37. The van der Waals surface area contributed by atoms with Crippen molar-refractivity contribution in [1.29, 1.82) is 0 Å². The summed E-state index contributed by atoms with van der Waals surface area (Å²) in [5.41, 5.74) is 1.48. The first-order valence-corrected chi connectivity index (χ1v) is 14.4. The van der Waals surface area contributed by atoms with Gasteiger partial charge in [0.25, 0.3) is 0 Å². The third-order valence-electron chi connectivity index (χ3n) is 7.11. The Kier molecular flexibility index (Phi) is 8.78. The van der Waals surface area contributed by atoms with Crippen molar-refractivity contribution in [2.24, 2.45) is 10.9 Å². The van der Waals surface area contributed by atoms with E-state index in [1.807, 2.05) is 4.90 Å². The van der Waals surface area contributed by atoms with E-state index in [1.165, 1.54) is 24.5 Å². The number of hydrogen-bond donors (Lipinski definition) is 1. The van der Waals surface area contributed by atoms with Gasteiger partial charge in [-0.25, -0.2) is 28.3 Å². The SMILES string of the molecule is CCOC(=O)C1=C(C2CCN(c3cnc(C)c(C(=O)OC)n3)CC2)NC(c2nccs2)=NC1c1ccc(F)c(F)c1Cl. The van der Waals surface area contributed by atoms with E-state index in [1.54, 1.807) is 31.6 Å². The quantitative estimate of drug-likeness (QED) is 0.295. The van der Waals surface area contributed by atoms with Crippen molar-refractivity contribution in [3.63, 3.8) is 0 Å². The van der Waals surface area contributed by atoms with Gasteiger partial charge in [0.05, 0.1) is 36.2 Å². The van der Waals surface area contributed by atoms with Gasteiger partial charge in [0.15, 0.2) is 28.2 Å². The van der Waals surface area contributed by atoms with Crippen molar-refractivity contribution in [1.82, 2.24) is 20.3 Å². The highest BCUT2D eigenvalue weighted by Crippen LogP contribution is 2.41. The maximum absolute atomic E-state index is 14.6. The Labute approximate surface area is 249 Å². The van der Waals surface area contributed by atoms with Crippen molar-refractivity contribution in [3.8, 4) is 0 Å².